The molecule has 1 fully saturated rings. The molecule has 7 heteroatoms. The zero-order chi connectivity index (χ0) is 17.4. The number of hydrogen-bond donors (Lipinski definition) is 1. The molecule has 1 aliphatic rings. The van der Waals surface area contributed by atoms with Gasteiger partial charge in [0.2, 0.25) is 0 Å². The number of carbonyl (C=O) groups is 1. The highest BCUT2D eigenvalue weighted by Gasteiger charge is 2.21. The number of fused-ring (bicyclic) bond motifs is 1. The monoisotopic (exact) mass is 336 g/mol. The van der Waals surface area contributed by atoms with Gasteiger partial charge < -0.3 is 5.32 Å². The van der Waals surface area contributed by atoms with Crippen molar-refractivity contribution in [2.75, 3.05) is 6.54 Å². The summed E-state index contributed by atoms with van der Waals surface area (Å²) in [5, 5.41) is 16.1. The summed E-state index contributed by atoms with van der Waals surface area (Å²) in [5.74, 6) is 0.611. The number of aromatic nitrogens is 5. The maximum absolute atomic E-state index is 12.5. The second-order valence-electron chi connectivity index (χ2n) is 6.58. The van der Waals surface area contributed by atoms with Crippen molar-refractivity contribution in [2.24, 2.45) is 13.0 Å². The highest BCUT2D eigenvalue weighted by molar-refractivity contribution is 6.00. The highest BCUT2D eigenvalue weighted by Crippen LogP contribution is 2.32. The summed E-state index contributed by atoms with van der Waals surface area (Å²) in [4.78, 5) is 16.9. The van der Waals surface area contributed by atoms with Crippen molar-refractivity contribution < 1.29 is 4.79 Å². The largest absolute Gasteiger partial charge is 0.351 e. The van der Waals surface area contributed by atoms with Crippen LogP contribution in [0.4, 0.5) is 0 Å². The zero-order valence-electron chi connectivity index (χ0n) is 14.4. The van der Waals surface area contributed by atoms with Crippen molar-refractivity contribution in [3.63, 3.8) is 0 Å². The molecule has 0 aliphatic heterocycles. The summed E-state index contributed by atoms with van der Waals surface area (Å²) in [5.41, 5.74) is 3.72. The number of nitrogens with zero attached hydrogens (tertiary/aromatic N) is 5. The van der Waals surface area contributed by atoms with E-state index in [1.807, 2.05) is 30.8 Å². The fraction of sp³-hybridized carbons (Fsp3) is 0.389. The summed E-state index contributed by atoms with van der Waals surface area (Å²) in [7, 11) is 1.90. The lowest BCUT2D eigenvalue weighted by molar-refractivity contribution is 0.0948. The summed E-state index contributed by atoms with van der Waals surface area (Å²) in [6.45, 7) is 2.68. The fourth-order valence-corrected chi connectivity index (χ4v) is 2.97. The van der Waals surface area contributed by atoms with Crippen LogP contribution in [0.5, 0.6) is 0 Å². The Morgan fingerprint density at radius 3 is 2.92 bits per heavy atom. The predicted octanol–water partition coefficient (Wildman–Crippen LogP) is 2.26. The molecule has 3 aromatic rings. The minimum atomic E-state index is -0.170. The molecule has 0 saturated heterocycles. The molecule has 0 aromatic carbocycles. The van der Waals surface area contributed by atoms with E-state index in [9.17, 15) is 4.79 Å². The number of carbonyl (C=O) groups excluding carboxylic acids is 1. The molecule has 25 heavy (non-hydrogen) atoms. The van der Waals surface area contributed by atoms with E-state index in [0.29, 0.717) is 17.9 Å². The smallest absolute Gasteiger partial charge is 0.269 e. The predicted molar refractivity (Wildman–Crippen MR) is 93.9 cm³/mol. The Bertz CT molecular complexity index is 944. The SMILES string of the molecule is Cc1c(-c2cc(C(=O)NCCC3CC3)nc3nnccc23)cnn1C. The molecule has 0 spiro atoms. The van der Waals surface area contributed by atoms with E-state index in [1.165, 1.54) is 12.8 Å². The van der Waals surface area contributed by atoms with Gasteiger partial charge in [-0.3, -0.25) is 9.48 Å². The Morgan fingerprint density at radius 2 is 2.20 bits per heavy atom. The van der Waals surface area contributed by atoms with Crippen LogP contribution < -0.4 is 5.32 Å². The van der Waals surface area contributed by atoms with Gasteiger partial charge in [-0.25, -0.2) is 4.98 Å². The first-order valence-electron chi connectivity index (χ1n) is 8.53. The summed E-state index contributed by atoms with van der Waals surface area (Å²) >= 11 is 0. The Morgan fingerprint density at radius 1 is 1.36 bits per heavy atom. The van der Waals surface area contributed by atoms with E-state index in [0.717, 1.165) is 34.5 Å². The number of rotatable bonds is 5. The lowest BCUT2D eigenvalue weighted by atomic mass is 10.0. The van der Waals surface area contributed by atoms with Crippen LogP contribution in [0.25, 0.3) is 22.2 Å². The first-order valence-corrected chi connectivity index (χ1v) is 8.53. The maximum atomic E-state index is 12.5. The van der Waals surface area contributed by atoms with Crippen LogP contribution in [0.15, 0.2) is 24.5 Å². The lowest BCUT2D eigenvalue weighted by Crippen LogP contribution is -2.25. The average Bonchev–Trinajstić information content (AvgIpc) is 3.39. The molecule has 3 aromatic heterocycles. The first-order chi connectivity index (χ1) is 12.1. The van der Waals surface area contributed by atoms with Crippen molar-refractivity contribution in [1.82, 2.24) is 30.3 Å². The van der Waals surface area contributed by atoms with Gasteiger partial charge in [0.05, 0.1) is 12.4 Å². The molecule has 0 unspecified atom stereocenters. The van der Waals surface area contributed by atoms with Crippen LogP contribution in [0, 0.1) is 12.8 Å². The summed E-state index contributed by atoms with van der Waals surface area (Å²) in [6.07, 6.45) is 7.04. The fourth-order valence-electron chi connectivity index (χ4n) is 2.97. The van der Waals surface area contributed by atoms with Crippen LogP contribution in [-0.4, -0.2) is 37.4 Å². The van der Waals surface area contributed by atoms with Crippen molar-refractivity contribution in [1.29, 1.82) is 0 Å². The van der Waals surface area contributed by atoms with Crippen LogP contribution >= 0.6 is 0 Å². The normalized spacial score (nSPS) is 14.0. The quantitative estimate of drug-likeness (QED) is 0.772. The van der Waals surface area contributed by atoms with E-state index in [2.05, 4.69) is 25.6 Å². The van der Waals surface area contributed by atoms with E-state index in [4.69, 9.17) is 0 Å². The number of amides is 1. The van der Waals surface area contributed by atoms with Gasteiger partial charge in [-0.1, -0.05) is 12.8 Å². The van der Waals surface area contributed by atoms with Gasteiger partial charge in [-0.05, 0) is 37.0 Å². The number of aryl methyl sites for hydroxylation is 1. The van der Waals surface area contributed by atoms with Gasteiger partial charge in [0.15, 0.2) is 5.65 Å². The zero-order valence-corrected chi connectivity index (χ0v) is 14.4. The van der Waals surface area contributed by atoms with Crippen LogP contribution in [0.3, 0.4) is 0 Å². The molecule has 7 nitrogen and oxygen atoms in total. The van der Waals surface area contributed by atoms with Gasteiger partial charge in [0, 0.05) is 30.2 Å². The Kier molecular flexibility index (Phi) is 3.91. The number of pyridine rings is 1. The summed E-state index contributed by atoms with van der Waals surface area (Å²) in [6, 6.07) is 3.69. The third-order valence-electron chi connectivity index (χ3n) is 4.79. The molecule has 1 saturated carbocycles. The van der Waals surface area contributed by atoms with Crippen molar-refractivity contribution in [3.8, 4) is 11.1 Å². The Balaban J connectivity index is 1.72. The van der Waals surface area contributed by atoms with Crippen LogP contribution in [0.2, 0.25) is 0 Å². The van der Waals surface area contributed by atoms with E-state index >= 15 is 0 Å². The average molecular weight is 336 g/mol. The standard InChI is InChI=1S/C18H20N6O/c1-11-15(10-21-24(11)2)14-9-16(18(25)19-7-5-12-3-4-12)22-17-13(14)6-8-20-23-17/h6,8-10,12H,3-5,7H2,1-2H3,(H,19,25). The van der Waals surface area contributed by atoms with Gasteiger partial charge in [0.1, 0.15) is 5.69 Å². The molecule has 1 amide bonds. The van der Waals surface area contributed by atoms with E-state index in [-0.39, 0.29) is 5.91 Å². The topological polar surface area (TPSA) is 85.6 Å². The van der Waals surface area contributed by atoms with E-state index < -0.39 is 0 Å². The first kappa shape index (κ1) is 15.7. The molecule has 3 heterocycles. The third-order valence-corrected chi connectivity index (χ3v) is 4.79. The molecular weight excluding hydrogens is 316 g/mol. The molecule has 1 aliphatic carbocycles. The second kappa shape index (κ2) is 6.23. The Hall–Kier alpha value is -2.83. The minimum absolute atomic E-state index is 0.170. The van der Waals surface area contributed by atoms with Crippen molar-refractivity contribution in [3.05, 3.63) is 35.9 Å². The minimum Gasteiger partial charge on any atom is -0.351 e. The highest BCUT2D eigenvalue weighted by atomic mass is 16.1. The van der Waals surface area contributed by atoms with Crippen molar-refractivity contribution in [2.45, 2.75) is 26.2 Å². The molecule has 0 radical (unpaired) electrons. The molecule has 4 rings (SSSR count). The molecule has 1 N–H and O–H groups in total. The van der Waals surface area contributed by atoms with Gasteiger partial charge in [-0.15, -0.1) is 5.10 Å². The Labute approximate surface area is 145 Å². The second-order valence-corrected chi connectivity index (χ2v) is 6.58. The number of nitrogens with one attached hydrogen (secondary N) is 1. The van der Waals surface area contributed by atoms with Crippen LogP contribution in [0.1, 0.15) is 35.4 Å². The maximum Gasteiger partial charge on any atom is 0.269 e. The van der Waals surface area contributed by atoms with Crippen LogP contribution in [-0.2, 0) is 7.05 Å². The van der Waals surface area contributed by atoms with Gasteiger partial charge >= 0.3 is 0 Å². The lowest BCUT2D eigenvalue weighted by Gasteiger charge is -2.09. The van der Waals surface area contributed by atoms with E-state index in [1.54, 1.807) is 12.4 Å². The van der Waals surface area contributed by atoms with Gasteiger partial charge in [-0.2, -0.15) is 10.2 Å². The van der Waals surface area contributed by atoms with Gasteiger partial charge in [0.25, 0.3) is 5.91 Å². The molecular formula is C18H20N6O. The number of hydrogen-bond acceptors (Lipinski definition) is 5. The molecule has 0 bridgehead atoms. The molecule has 128 valence electrons. The third kappa shape index (κ3) is 3.09. The molecule has 0 atom stereocenters. The van der Waals surface area contributed by atoms with Crippen molar-refractivity contribution >= 4 is 16.9 Å². The summed E-state index contributed by atoms with van der Waals surface area (Å²) < 4.78 is 1.81.